The third-order valence-electron chi connectivity index (χ3n) is 17.8. The molecule has 0 unspecified atom stereocenters. The molecule has 0 spiro atoms. The van der Waals surface area contributed by atoms with Gasteiger partial charge in [-0.1, -0.05) is 52.4 Å². The van der Waals surface area contributed by atoms with Crippen molar-refractivity contribution in [2.45, 2.75) is 331 Å². The quantitative estimate of drug-likeness (QED) is 0.0393. The Morgan fingerprint density at radius 2 is 0.526 bits per heavy atom. The van der Waals surface area contributed by atoms with Crippen LogP contribution in [-0.2, 0) is 19.2 Å². The van der Waals surface area contributed by atoms with Gasteiger partial charge < -0.3 is 0 Å². The van der Waals surface area contributed by atoms with E-state index in [9.17, 15) is 13.0 Å². The number of rotatable bonds is 53. The van der Waals surface area contributed by atoms with Crippen LogP contribution in [0.15, 0.2) is 11.0 Å². The molecule has 0 amide bonds. The average Bonchev–Trinajstić information content (AvgIpc) is 3.39. The molecule has 10 heteroatoms. The summed E-state index contributed by atoms with van der Waals surface area (Å²) in [5.41, 5.74) is 0.457. The molecule has 1 aromatic carbocycles. The minimum atomic E-state index is -4.85. The van der Waals surface area contributed by atoms with Gasteiger partial charge in [0.2, 0.25) is 0 Å². The third-order valence-corrected chi connectivity index (χ3v) is 31.8. The number of carbonyl (C=O) groups excluding carboxylic acids is 2. The number of unbranched alkanes of at least 4 members (excludes halogenated alkanes) is 32. The molecule has 76 heavy (non-hydrogen) atoms. The summed E-state index contributed by atoms with van der Waals surface area (Å²) in [6.45, 7) is 14.6. The standard InChI is InChI=1S/C66H128O7P2S/c1-11-19-27-29-31-33-35-37-39-41-43-45-47-49-57-74(51-21-13-3,52-22-14-4,53-23-15-5)72-65(67)62-59-63(61(10)64(60(62)9)76(69,70)71)66(68)73-75(54-24-16-6,55-25-17-7,56-26-18-8)58-50-48-46-44-42-40-38-36-34-32-30-28-20-12-2/h59H,11-58H2,1-10H3,(H,69,70,71). The normalized spacial score (nSPS) is 13.4. The molecular weight excluding hydrogens is 999 g/mol. The van der Waals surface area contributed by atoms with Gasteiger partial charge in [0.25, 0.3) is 0 Å². The molecule has 0 saturated heterocycles. The first-order valence-corrected chi connectivity index (χ1v) is 40.4. The maximum atomic E-state index is 15.4. The van der Waals surface area contributed by atoms with Crippen molar-refractivity contribution in [2.75, 3.05) is 49.3 Å². The molecule has 0 atom stereocenters. The average molecular weight is 1130 g/mol. The summed E-state index contributed by atoms with van der Waals surface area (Å²) in [7, 11) is -4.85. The second kappa shape index (κ2) is 41.9. The minimum absolute atomic E-state index is 0.0765. The van der Waals surface area contributed by atoms with E-state index in [0.29, 0.717) is 0 Å². The van der Waals surface area contributed by atoms with Crippen LogP contribution in [0, 0.1) is 13.8 Å². The summed E-state index contributed by atoms with van der Waals surface area (Å²) in [6, 6.07) is 1.61. The van der Waals surface area contributed by atoms with Gasteiger partial charge in [0.15, 0.2) is 0 Å². The fraction of sp³-hybridized carbons (Fsp3) is 0.879. The molecule has 0 bridgehead atoms. The van der Waals surface area contributed by atoms with Crippen LogP contribution in [0.3, 0.4) is 0 Å². The van der Waals surface area contributed by atoms with Crippen LogP contribution in [-0.4, -0.2) is 74.2 Å². The van der Waals surface area contributed by atoms with Crippen molar-refractivity contribution in [1.29, 1.82) is 0 Å². The number of carbonyl (C=O) groups is 2. The van der Waals surface area contributed by atoms with Crippen LogP contribution >= 0.6 is 13.7 Å². The van der Waals surface area contributed by atoms with Crippen LogP contribution in [0.5, 0.6) is 0 Å². The van der Waals surface area contributed by atoms with Gasteiger partial charge >= 0.3 is 424 Å². The van der Waals surface area contributed by atoms with E-state index >= 15 is 9.59 Å². The molecule has 0 aliphatic heterocycles. The van der Waals surface area contributed by atoms with E-state index in [0.717, 1.165) is 152 Å². The second-order valence-corrected chi connectivity index (χ2v) is 37.3. The Morgan fingerprint density at radius 1 is 0.342 bits per heavy atom. The predicted octanol–water partition coefficient (Wildman–Crippen LogP) is 22.6. The number of hydrogen-bond donors (Lipinski definition) is 1. The predicted molar refractivity (Wildman–Crippen MR) is 339 cm³/mol. The summed E-state index contributed by atoms with van der Waals surface area (Å²) in [5.74, 6) is -1.07. The van der Waals surface area contributed by atoms with Gasteiger partial charge in [0.1, 0.15) is 0 Å². The van der Waals surface area contributed by atoms with E-state index in [-0.39, 0.29) is 27.1 Å². The van der Waals surface area contributed by atoms with Gasteiger partial charge in [-0.3, -0.25) is 0 Å². The molecule has 0 saturated carbocycles. The molecule has 1 aromatic rings. The molecule has 1 N–H and O–H groups in total. The molecule has 0 aromatic heterocycles. The molecule has 1 rings (SSSR count). The van der Waals surface area contributed by atoms with Crippen molar-refractivity contribution in [2.24, 2.45) is 0 Å². The number of hydrogen-bond acceptors (Lipinski definition) is 6. The summed E-state index contributed by atoms with van der Waals surface area (Å²) >= 11 is 0. The Labute approximate surface area is 473 Å². The topological polar surface area (TPSA) is 107 Å². The van der Waals surface area contributed by atoms with E-state index in [2.05, 4.69) is 55.4 Å². The first-order valence-electron chi connectivity index (χ1n) is 33.2. The summed E-state index contributed by atoms with van der Waals surface area (Å²) in [4.78, 5) is 30.5. The van der Waals surface area contributed by atoms with Crippen molar-refractivity contribution >= 4 is 35.7 Å². The van der Waals surface area contributed by atoms with Crippen LogP contribution in [0.1, 0.15) is 344 Å². The van der Waals surface area contributed by atoms with E-state index < -0.39 is 35.7 Å². The Bertz CT molecular complexity index is 1620. The molecule has 7 nitrogen and oxygen atoms in total. The van der Waals surface area contributed by atoms with Crippen molar-refractivity contribution < 1.29 is 31.6 Å². The van der Waals surface area contributed by atoms with Crippen LogP contribution in [0.2, 0.25) is 0 Å². The Balaban J connectivity index is 3.66. The van der Waals surface area contributed by atoms with E-state index in [1.54, 1.807) is 19.9 Å². The Kier molecular flexibility index (Phi) is 40.2. The van der Waals surface area contributed by atoms with Gasteiger partial charge in [0.05, 0.1) is 0 Å². The molecule has 0 heterocycles. The van der Waals surface area contributed by atoms with E-state index in [1.165, 1.54) is 154 Å². The fourth-order valence-corrected chi connectivity index (χ4v) is 27.0. The van der Waals surface area contributed by atoms with Crippen LogP contribution in [0.25, 0.3) is 0 Å². The first kappa shape index (κ1) is 72.9. The Hall–Kier alpha value is -1.07. The zero-order valence-electron chi connectivity index (χ0n) is 52.2. The summed E-state index contributed by atoms with van der Waals surface area (Å²) in [6.07, 6.45) is 54.9. The second-order valence-electron chi connectivity index (χ2n) is 24.6. The van der Waals surface area contributed by atoms with Crippen molar-refractivity contribution in [3.8, 4) is 0 Å². The number of benzene rings is 1. The Morgan fingerprint density at radius 3 is 0.724 bits per heavy atom. The van der Waals surface area contributed by atoms with Gasteiger partial charge in [-0.25, -0.2) is 0 Å². The third kappa shape index (κ3) is 27.6. The van der Waals surface area contributed by atoms with E-state index in [4.69, 9.17) is 9.05 Å². The van der Waals surface area contributed by atoms with Gasteiger partial charge in [0, 0.05) is 0 Å². The first-order chi connectivity index (χ1) is 36.6. The molecule has 0 aliphatic carbocycles. The van der Waals surface area contributed by atoms with Crippen molar-refractivity contribution in [3.05, 3.63) is 28.3 Å². The molecule has 0 aliphatic rings. The fourth-order valence-electron chi connectivity index (χ4n) is 12.7. The zero-order valence-corrected chi connectivity index (χ0v) is 54.8. The zero-order chi connectivity index (χ0) is 56.5. The molecule has 0 fully saturated rings. The van der Waals surface area contributed by atoms with Gasteiger partial charge in [-0.2, -0.15) is 0 Å². The summed E-state index contributed by atoms with van der Waals surface area (Å²) < 4.78 is 52.8. The van der Waals surface area contributed by atoms with Crippen LogP contribution < -0.4 is 0 Å². The van der Waals surface area contributed by atoms with Crippen molar-refractivity contribution in [1.82, 2.24) is 0 Å². The summed E-state index contributed by atoms with van der Waals surface area (Å²) in [5, 5.41) is 0. The van der Waals surface area contributed by atoms with Gasteiger partial charge in [-0.05, 0) is 0 Å². The molecule has 0 radical (unpaired) electrons. The molecular formula is C66H128O7P2S. The SMILES string of the molecule is CCCCCCCCCCCCCCCCP(CCCC)(CCCC)(CCCC)OC(=O)c1cc(C(=O)OP(CCCC)(CCCC)(CCCC)CCCCCCCCCCCCCCCC)c(C)c(S(=O)(=O)O)c1C. The van der Waals surface area contributed by atoms with E-state index in [1.807, 2.05) is 0 Å². The molecule has 450 valence electrons. The van der Waals surface area contributed by atoms with Crippen molar-refractivity contribution in [3.63, 3.8) is 0 Å². The monoisotopic (exact) mass is 1130 g/mol. The van der Waals surface area contributed by atoms with Crippen LogP contribution in [0.4, 0.5) is 0 Å². The van der Waals surface area contributed by atoms with Gasteiger partial charge in [-0.15, -0.1) is 0 Å². The maximum absolute atomic E-state index is 15.4.